The van der Waals surface area contributed by atoms with Crippen LogP contribution in [0, 0.1) is 23.7 Å². The van der Waals surface area contributed by atoms with Crippen LogP contribution in [0.25, 0.3) is 5.57 Å². The van der Waals surface area contributed by atoms with Gasteiger partial charge in [0.1, 0.15) is 0 Å². The molecule has 3 nitrogen and oxygen atoms in total. The molecular formula is C23H32N2O. The van der Waals surface area contributed by atoms with Gasteiger partial charge in [-0.2, -0.15) is 0 Å². The summed E-state index contributed by atoms with van der Waals surface area (Å²) < 4.78 is 0. The van der Waals surface area contributed by atoms with Gasteiger partial charge in [0.2, 0.25) is 0 Å². The predicted octanol–water partition coefficient (Wildman–Crippen LogP) is 5.57. The summed E-state index contributed by atoms with van der Waals surface area (Å²) in [4.78, 5) is 17.0. The number of pyridine rings is 1. The van der Waals surface area contributed by atoms with E-state index in [0.29, 0.717) is 28.7 Å². The van der Waals surface area contributed by atoms with E-state index in [1.807, 2.05) is 20.0 Å². The Bertz CT molecular complexity index is 738. The summed E-state index contributed by atoms with van der Waals surface area (Å²) in [5.74, 6) is 0.797. The van der Waals surface area contributed by atoms with E-state index < -0.39 is 0 Å². The van der Waals surface area contributed by atoms with Gasteiger partial charge in [-0.15, -0.1) is 6.58 Å². The Morgan fingerprint density at radius 1 is 1.42 bits per heavy atom. The van der Waals surface area contributed by atoms with E-state index in [9.17, 15) is 4.79 Å². The Hall–Kier alpha value is -1.90. The van der Waals surface area contributed by atoms with Gasteiger partial charge < -0.3 is 5.32 Å². The molecule has 1 N–H and O–H groups in total. The molecule has 1 aromatic rings. The first-order chi connectivity index (χ1) is 12.3. The zero-order chi connectivity index (χ0) is 18.9. The maximum atomic E-state index is 12.7. The topological polar surface area (TPSA) is 42.0 Å². The Morgan fingerprint density at radius 2 is 2.19 bits per heavy atom. The Kier molecular flexibility index (Phi) is 5.09. The number of anilines is 1. The number of nitrogens with zero attached hydrogens (tertiary/aromatic N) is 1. The zero-order valence-electron chi connectivity index (χ0n) is 16.5. The molecule has 0 aromatic carbocycles. The third-order valence-electron chi connectivity index (χ3n) is 7.27. The van der Waals surface area contributed by atoms with Crippen molar-refractivity contribution in [1.82, 2.24) is 4.98 Å². The van der Waals surface area contributed by atoms with Crippen molar-refractivity contribution >= 4 is 17.0 Å². The Labute approximate surface area is 158 Å². The highest BCUT2D eigenvalue weighted by molar-refractivity contribution is 6.20. The van der Waals surface area contributed by atoms with Gasteiger partial charge in [0.25, 0.3) is 0 Å². The van der Waals surface area contributed by atoms with Crippen molar-refractivity contribution in [3.8, 4) is 0 Å². The first-order valence-electron chi connectivity index (χ1n) is 9.84. The quantitative estimate of drug-likeness (QED) is 0.515. The second-order valence-corrected chi connectivity index (χ2v) is 8.58. The number of Topliss-reactive ketones (excluding diaryl/α,β-unsaturated/α-hetero) is 1. The van der Waals surface area contributed by atoms with Gasteiger partial charge in [-0.3, -0.25) is 9.78 Å². The number of ketones is 1. The molecule has 0 saturated heterocycles. The second-order valence-electron chi connectivity index (χ2n) is 8.58. The highest BCUT2D eigenvalue weighted by Crippen LogP contribution is 2.66. The van der Waals surface area contributed by atoms with E-state index >= 15 is 0 Å². The first kappa shape index (κ1) is 18.9. The van der Waals surface area contributed by atoms with Crippen molar-refractivity contribution in [2.45, 2.75) is 58.8 Å². The van der Waals surface area contributed by atoms with Gasteiger partial charge in [-0.05, 0) is 68.3 Å². The normalized spacial score (nSPS) is 30.0. The standard InChI is InChI=1S/C23H32N2O/c1-6-23-10-9-18(14-22(23,4)11-12-23)7-8-21(26)16(2)19-13-20(24-5)17(3)25-15-19/h6,13,15,18,24H,1-2,7-12,14H2,3-5H3/t18?,22-,23?/m1/s1. The van der Waals surface area contributed by atoms with E-state index in [1.165, 1.54) is 32.1 Å². The molecule has 2 saturated carbocycles. The van der Waals surface area contributed by atoms with Crippen molar-refractivity contribution in [3.05, 3.63) is 42.8 Å². The van der Waals surface area contributed by atoms with E-state index in [0.717, 1.165) is 23.4 Å². The minimum atomic E-state index is 0.150. The molecular weight excluding hydrogens is 320 g/mol. The van der Waals surface area contributed by atoms with Crippen LogP contribution in [0.3, 0.4) is 0 Å². The minimum absolute atomic E-state index is 0.150. The van der Waals surface area contributed by atoms with Gasteiger partial charge in [0.15, 0.2) is 5.78 Å². The number of hydrogen-bond acceptors (Lipinski definition) is 3. The summed E-state index contributed by atoms with van der Waals surface area (Å²) in [5.41, 5.74) is 4.06. The van der Waals surface area contributed by atoms with Gasteiger partial charge in [0.05, 0.1) is 11.4 Å². The lowest BCUT2D eigenvalue weighted by atomic mass is 9.43. The average Bonchev–Trinajstić information content (AvgIpc) is 2.64. The molecule has 2 aliphatic carbocycles. The summed E-state index contributed by atoms with van der Waals surface area (Å²) >= 11 is 0. The number of carbonyl (C=O) groups is 1. The molecule has 0 spiro atoms. The number of allylic oxidation sites excluding steroid dienone is 2. The van der Waals surface area contributed by atoms with Crippen LogP contribution in [0.15, 0.2) is 31.5 Å². The van der Waals surface area contributed by atoms with Crippen molar-refractivity contribution in [3.63, 3.8) is 0 Å². The van der Waals surface area contributed by atoms with Gasteiger partial charge in [-0.25, -0.2) is 0 Å². The van der Waals surface area contributed by atoms with Gasteiger partial charge in [0, 0.05) is 30.8 Å². The molecule has 2 aliphatic rings. The predicted molar refractivity (Wildman–Crippen MR) is 109 cm³/mol. The Morgan fingerprint density at radius 3 is 2.77 bits per heavy atom. The fourth-order valence-corrected chi connectivity index (χ4v) is 5.10. The first-order valence-corrected chi connectivity index (χ1v) is 9.84. The molecule has 26 heavy (non-hydrogen) atoms. The Balaban J connectivity index is 1.58. The maximum Gasteiger partial charge on any atom is 0.162 e. The minimum Gasteiger partial charge on any atom is -0.387 e. The molecule has 0 amide bonds. The van der Waals surface area contributed by atoms with Crippen LogP contribution in [0.1, 0.15) is 63.1 Å². The summed E-state index contributed by atoms with van der Waals surface area (Å²) in [6, 6.07) is 1.97. The summed E-state index contributed by atoms with van der Waals surface area (Å²) in [7, 11) is 1.87. The van der Waals surface area contributed by atoms with Gasteiger partial charge in [-0.1, -0.05) is 19.6 Å². The zero-order valence-corrected chi connectivity index (χ0v) is 16.5. The lowest BCUT2D eigenvalue weighted by Gasteiger charge is -2.61. The van der Waals surface area contributed by atoms with Crippen LogP contribution < -0.4 is 5.32 Å². The molecule has 1 heterocycles. The molecule has 0 radical (unpaired) electrons. The van der Waals surface area contributed by atoms with Crippen molar-refractivity contribution in [2.75, 3.05) is 12.4 Å². The van der Waals surface area contributed by atoms with Crippen LogP contribution >= 0.6 is 0 Å². The SMILES string of the molecule is C=CC12CCC(CCC(=O)C(=C)c3cnc(C)c(NC)c3)C[C@@]1(C)CC2. The summed E-state index contributed by atoms with van der Waals surface area (Å²) in [6.07, 6.45) is 11.8. The second kappa shape index (κ2) is 7.02. The highest BCUT2D eigenvalue weighted by atomic mass is 16.1. The van der Waals surface area contributed by atoms with E-state index in [2.05, 4.69) is 36.5 Å². The van der Waals surface area contributed by atoms with E-state index in [1.54, 1.807) is 6.20 Å². The molecule has 3 rings (SSSR count). The molecule has 3 atom stereocenters. The third kappa shape index (κ3) is 3.13. The van der Waals surface area contributed by atoms with Crippen LogP contribution in [0.4, 0.5) is 5.69 Å². The number of fused-ring (bicyclic) bond motifs is 1. The summed E-state index contributed by atoms with van der Waals surface area (Å²) in [6.45, 7) is 12.5. The number of rotatable bonds is 7. The maximum absolute atomic E-state index is 12.7. The average molecular weight is 353 g/mol. The number of nitrogens with one attached hydrogen (secondary N) is 1. The fraction of sp³-hybridized carbons (Fsp3) is 0.565. The number of aromatic nitrogens is 1. The largest absolute Gasteiger partial charge is 0.387 e. The molecule has 2 unspecified atom stereocenters. The van der Waals surface area contributed by atoms with E-state index in [-0.39, 0.29) is 5.78 Å². The van der Waals surface area contributed by atoms with E-state index in [4.69, 9.17) is 0 Å². The van der Waals surface area contributed by atoms with Crippen molar-refractivity contribution in [2.24, 2.45) is 16.7 Å². The highest BCUT2D eigenvalue weighted by Gasteiger charge is 2.56. The van der Waals surface area contributed by atoms with Crippen LogP contribution in [-0.2, 0) is 4.79 Å². The van der Waals surface area contributed by atoms with Gasteiger partial charge >= 0.3 is 0 Å². The molecule has 0 bridgehead atoms. The monoisotopic (exact) mass is 352 g/mol. The lowest BCUT2D eigenvalue weighted by molar-refractivity contribution is -0.115. The van der Waals surface area contributed by atoms with Crippen molar-refractivity contribution in [1.29, 1.82) is 0 Å². The van der Waals surface area contributed by atoms with Crippen molar-refractivity contribution < 1.29 is 4.79 Å². The molecule has 3 heteroatoms. The summed E-state index contributed by atoms with van der Waals surface area (Å²) in [5, 5.41) is 3.12. The molecule has 0 aliphatic heterocycles. The molecule has 140 valence electrons. The fourth-order valence-electron chi connectivity index (χ4n) is 5.10. The van der Waals surface area contributed by atoms with Crippen LogP contribution in [-0.4, -0.2) is 17.8 Å². The molecule has 1 aromatic heterocycles. The smallest absolute Gasteiger partial charge is 0.162 e. The lowest BCUT2D eigenvalue weighted by Crippen LogP contribution is -2.51. The number of hydrogen-bond donors (Lipinski definition) is 1. The van der Waals surface area contributed by atoms with Crippen LogP contribution in [0.2, 0.25) is 0 Å². The van der Waals surface area contributed by atoms with Crippen LogP contribution in [0.5, 0.6) is 0 Å². The third-order valence-corrected chi connectivity index (χ3v) is 7.27. The number of aryl methyl sites for hydroxylation is 1. The number of carbonyl (C=O) groups excluding carboxylic acids is 1. The molecule has 2 fully saturated rings.